The molecule has 3 nitrogen and oxygen atoms in total. The summed E-state index contributed by atoms with van der Waals surface area (Å²) in [6.45, 7) is 1.50. The molecule has 1 heterocycles. The molecule has 7 aromatic rings. The molecule has 0 amide bonds. The normalized spacial score (nSPS) is 16.2. The zero-order valence-electron chi connectivity index (χ0n) is 33.7. The zero-order chi connectivity index (χ0) is 38.5. The fraction of sp³-hybridized carbons (Fsp3) is 0.0465. The average Bonchev–Trinajstić information content (AvgIpc) is 3.41. The molecule has 9 rings (SSSR count). The van der Waals surface area contributed by atoms with Crippen molar-refractivity contribution in [2.24, 2.45) is 0 Å². The Morgan fingerprint density at radius 3 is 1.65 bits per heavy atom. The second kappa shape index (κ2) is 10.3. The van der Waals surface area contributed by atoms with E-state index in [1.165, 1.54) is 6.92 Å². The molecule has 0 unspecified atom stereocenters. The van der Waals surface area contributed by atoms with Gasteiger partial charge in [0.05, 0.1) is 17.8 Å². The van der Waals surface area contributed by atoms with Crippen LogP contribution < -0.4 is 0 Å². The molecule has 0 N–H and O–H groups in total. The number of hydrogen-bond acceptors (Lipinski definition) is 3. The molecule has 0 atom stereocenters. The maximum atomic E-state index is 8.82. The molecule has 2 aliphatic rings. The standard InChI is InChI=1S/C43H29N3/c1-28-19-21-32(22-20-28)41-44-40(31-13-3-2-4-14-31)45-42(46-41)33-25-26-39-35(27-33)34-15-7-10-18-38(34)43(39)36-16-8-5-11-29(36)23-24-30-12-6-9-17-37(30)43/h2-27H,1H3/i2D,3D,4D,13D,14D,19D,20D,21D,22D. The van der Waals surface area contributed by atoms with Crippen LogP contribution in [0.2, 0.25) is 0 Å². The molecule has 0 saturated carbocycles. The van der Waals surface area contributed by atoms with Crippen molar-refractivity contribution in [3.63, 3.8) is 0 Å². The molecule has 0 fully saturated rings. The number of hydrogen-bond donors (Lipinski definition) is 0. The summed E-state index contributed by atoms with van der Waals surface area (Å²) < 4.78 is 77.0. The van der Waals surface area contributed by atoms with Gasteiger partial charge in [-0.15, -0.1) is 0 Å². The van der Waals surface area contributed by atoms with E-state index in [1.807, 2.05) is 36.4 Å². The number of fused-ring (bicyclic) bond motifs is 9. The van der Waals surface area contributed by atoms with Crippen molar-refractivity contribution >= 4 is 12.2 Å². The number of aromatic nitrogens is 3. The highest BCUT2D eigenvalue weighted by atomic mass is 15.0. The van der Waals surface area contributed by atoms with E-state index in [2.05, 4.69) is 71.7 Å². The third-order valence-corrected chi connectivity index (χ3v) is 8.81. The van der Waals surface area contributed by atoms with E-state index < -0.39 is 35.6 Å². The van der Waals surface area contributed by atoms with Crippen molar-refractivity contribution in [3.05, 3.63) is 184 Å². The number of nitrogens with zero attached hydrogens (tertiary/aromatic N) is 3. The summed E-state index contributed by atoms with van der Waals surface area (Å²) in [6.07, 6.45) is 4.31. The quantitative estimate of drug-likeness (QED) is 0.204. The van der Waals surface area contributed by atoms with E-state index in [1.54, 1.807) is 0 Å². The highest BCUT2D eigenvalue weighted by molar-refractivity contribution is 5.92. The van der Waals surface area contributed by atoms with Gasteiger partial charge in [0.2, 0.25) is 0 Å². The molecule has 0 saturated heterocycles. The summed E-state index contributed by atoms with van der Waals surface area (Å²) in [6, 6.07) is 26.9. The monoisotopic (exact) mass is 596 g/mol. The maximum Gasteiger partial charge on any atom is 0.164 e. The van der Waals surface area contributed by atoms with Gasteiger partial charge in [0.15, 0.2) is 17.5 Å². The SMILES string of the molecule is [2H]c1c([2H])c([2H])c(-c2nc(-c3ccc4c(c3)-c3ccccc3C43c4ccccc4C=Cc4ccccc43)nc(-c3c([2H])c([2H])c(C)c([2H])c3[2H])n2)c([2H])c1[2H]. The van der Waals surface area contributed by atoms with Crippen LogP contribution in [-0.2, 0) is 5.41 Å². The predicted octanol–water partition coefficient (Wildman–Crippen LogP) is 10.0. The van der Waals surface area contributed by atoms with E-state index in [0.29, 0.717) is 5.56 Å². The summed E-state index contributed by atoms with van der Waals surface area (Å²) >= 11 is 0. The van der Waals surface area contributed by atoms with Crippen molar-refractivity contribution in [1.29, 1.82) is 0 Å². The van der Waals surface area contributed by atoms with Gasteiger partial charge in [-0.3, -0.25) is 0 Å². The number of rotatable bonds is 3. The minimum atomic E-state index is -0.680. The molecule has 3 heteroatoms. The minimum Gasteiger partial charge on any atom is -0.208 e. The van der Waals surface area contributed by atoms with E-state index in [4.69, 9.17) is 22.3 Å². The van der Waals surface area contributed by atoms with Crippen LogP contribution >= 0.6 is 0 Å². The Hall–Kier alpha value is -5.93. The third kappa shape index (κ3) is 3.95. The maximum absolute atomic E-state index is 8.82. The van der Waals surface area contributed by atoms with Crippen molar-refractivity contribution in [2.75, 3.05) is 0 Å². The third-order valence-electron chi connectivity index (χ3n) is 8.81. The summed E-state index contributed by atoms with van der Waals surface area (Å²) in [7, 11) is 0. The van der Waals surface area contributed by atoms with E-state index in [-0.39, 0.29) is 58.3 Å². The average molecular weight is 597 g/mol. The first-order valence-corrected chi connectivity index (χ1v) is 15.0. The Kier molecular flexibility index (Phi) is 4.21. The molecule has 0 radical (unpaired) electrons. The predicted molar refractivity (Wildman–Crippen MR) is 187 cm³/mol. The molecule has 6 aromatic carbocycles. The topological polar surface area (TPSA) is 38.7 Å². The summed E-state index contributed by atoms with van der Waals surface area (Å²) in [4.78, 5) is 13.9. The zero-order valence-corrected chi connectivity index (χ0v) is 24.7. The van der Waals surface area contributed by atoms with E-state index in [9.17, 15) is 0 Å². The summed E-state index contributed by atoms with van der Waals surface area (Å²) in [5.74, 6) is -0.419. The van der Waals surface area contributed by atoms with Gasteiger partial charge in [-0.25, -0.2) is 15.0 Å². The van der Waals surface area contributed by atoms with Crippen LogP contribution in [0.1, 0.15) is 51.3 Å². The van der Waals surface area contributed by atoms with Crippen LogP contribution in [0.4, 0.5) is 0 Å². The van der Waals surface area contributed by atoms with Gasteiger partial charge in [-0.05, 0) is 57.5 Å². The molecule has 1 spiro atoms. The minimum absolute atomic E-state index is 0.0637. The molecule has 2 aliphatic carbocycles. The van der Waals surface area contributed by atoms with E-state index in [0.717, 1.165) is 44.5 Å². The smallest absolute Gasteiger partial charge is 0.164 e. The first kappa shape index (κ1) is 18.8. The van der Waals surface area contributed by atoms with Gasteiger partial charge < -0.3 is 0 Å². The first-order valence-electron chi connectivity index (χ1n) is 19.5. The molecule has 0 aliphatic heterocycles. The fourth-order valence-electron chi connectivity index (χ4n) is 6.87. The lowest BCUT2D eigenvalue weighted by molar-refractivity contribution is 0.766. The Bertz CT molecular complexity index is 2650. The Balaban J connectivity index is 1.35. The molecular weight excluding hydrogens is 558 g/mol. The second-order valence-corrected chi connectivity index (χ2v) is 11.4. The van der Waals surface area contributed by atoms with Crippen LogP contribution in [0.15, 0.2) is 145 Å². The Labute approximate surface area is 281 Å². The molecule has 216 valence electrons. The van der Waals surface area contributed by atoms with Crippen LogP contribution in [-0.4, -0.2) is 15.0 Å². The van der Waals surface area contributed by atoms with Crippen LogP contribution in [0.5, 0.6) is 0 Å². The summed E-state index contributed by atoms with van der Waals surface area (Å²) in [5, 5.41) is 0. The van der Waals surface area contributed by atoms with Gasteiger partial charge in [-0.2, -0.15) is 0 Å². The summed E-state index contributed by atoms with van der Waals surface area (Å²) in [5.41, 5.74) is 8.03. The largest absolute Gasteiger partial charge is 0.208 e. The van der Waals surface area contributed by atoms with Crippen molar-refractivity contribution < 1.29 is 12.3 Å². The van der Waals surface area contributed by atoms with Gasteiger partial charge in [-0.1, -0.05) is 157 Å². The first-order chi connectivity index (χ1) is 26.4. The lowest BCUT2D eigenvalue weighted by Gasteiger charge is -2.35. The van der Waals surface area contributed by atoms with Gasteiger partial charge in [0.1, 0.15) is 0 Å². The molecule has 1 aromatic heterocycles. The Morgan fingerprint density at radius 1 is 0.478 bits per heavy atom. The lowest BCUT2D eigenvalue weighted by Crippen LogP contribution is -2.29. The second-order valence-electron chi connectivity index (χ2n) is 11.4. The van der Waals surface area contributed by atoms with Crippen molar-refractivity contribution in [2.45, 2.75) is 12.3 Å². The molecular formula is C43H29N3. The van der Waals surface area contributed by atoms with Crippen LogP contribution in [0, 0.1) is 6.92 Å². The van der Waals surface area contributed by atoms with Crippen molar-refractivity contribution in [3.8, 4) is 45.3 Å². The van der Waals surface area contributed by atoms with Gasteiger partial charge in [0, 0.05) is 16.7 Å². The molecule has 46 heavy (non-hydrogen) atoms. The van der Waals surface area contributed by atoms with Gasteiger partial charge in [0.25, 0.3) is 0 Å². The van der Waals surface area contributed by atoms with Crippen LogP contribution in [0.3, 0.4) is 0 Å². The molecule has 0 bridgehead atoms. The van der Waals surface area contributed by atoms with E-state index >= 15 is 0 Å². The number of benzene rings is 6. The van der Waals surface area contributed by atoms with Gasteiger partial charge >= 0.3 is 0 Å². The highest BCUT2D eigenvalue weighted by Gasteiger charge is 2.48. The fourth-order valence-corrected chi connectivity index (χ4v) is 6.87. The van der Waals surface area contributed by atoms with Crippen molar-refractivity contribution in [1.82, 2.24) is 15.0 Å². The Morgan fingerprint density at radius 2 is 1.00 bits per heavy atom. The van der Waals surface area contributed by atoms with Crippen LogP contribution in [0.25, 0.3) is 57.4 Å². The highest BCUT2D eigenvalue weighted by Crippen LogP contribution is 2.58. The lowest BCUT2D eigenvalue weighted by atomic mass is 9.66.